The standard InChI is InChI=1S/C37H37ClN2/c1-3-36(34-16-8-14-32(24-34)29-12-5-4-6-13-29)40-37(39-26-28-11-7-10-27(2)18-19-28)31-22-20-30(21-23-31)33-15-9-17-35(38)25-33/h3-6,8-9,12-17,20-25,27-28H,1,7,10-11,18-19,26H2,2H3/b39-37-,40-36+. The van der Waals surface area contributed by atoms with Crippen LogP contribution in [-0.2, 0) is 0 Å². The summed E-state index contributed by atoms with van der Waals surface area (Å²) in [5, 5.41) is 0.736. The summed E-state index contributed by atoms with van der Waals surface area (Å²) < 4.78 is 0. The lowest BCUT2D eigenvalue weighted by Gasteiger charge is -2.13. The topological polar surface area (TPSA) is 24.7 Å². The normalized spacial score (nSPS) is 18.2. The number of halogens is 1. The monoisotopic (exact) mass is 544 g/mol. The zero-order chi connectivity index (χ0) is 27.7. The molecule has 0 amide bonds. The van der Waals surface area contributed by atoms with Gasteiger partial charge in [0.05, 0.1) is 5.71 Å². The minimum absolute atomic E-state index is 0.606. The van der Waals surface area contributed by atoms with Crippen molar-refractivity contribution in [1.29, 1.82) is 0 Å². The number of aliphatic imine (C=N–C) groups is 2. The number of nitrogens with zero attached hydrogens (tertiary/aromatic N) is 2. The number of hydrogen-bond donors (Lipinski definition) is 0. The molecule has 202 valence electrons. The van der Waals surface area contributed by atoms with Gasteiger partial charge in [-0.15, -0.1) is 0 Å². The zero-order valence-corrected chi connectivity index (χ0v) is 24.0. The highest BCUT2D eigenvalue weighted by atomic mass is 35.5. The van der Waals surface area contributed by atoms with Crippen LogP contribution in [0.2, 0.25) is 5.02 Å². The molecule has 4 aromatic rings. The molecule has 2 atom stereocenters. The van der Waals surface area contributed by atoms with E-state index in [-0.39, 0.29) is 0 Å². The van der Waals surface area contributed by atoms with Crippen molar-refractivity contribution >= 4 is 23.1 Å². The van der Waals surface area contributed by atoms with Gasteiger partial charge in [0.25, 0.3) is 0 Å². The molecule has 1 fully saturated rings. The zero-order valence-electron chi connectivity index (χ0n) is 23.3. The second-order valence-corrected chi connectivity index (χ2v) is 11.3. The van der Waals surface area contributed by atoms with E-state index < -0.39 is 0 Å². The van der Waals surface area contributed by atoms with Crippen LogP contribution in [0, 0.1) is 11.8 Å². The summed E-state index contributed by atoms with van der Waals surface area (Å²) in [7, 11) is 0. The van der Waals surface area contributed by atoms with Crippen molar-refractivity contribution in [2.24, 2.45) is 21.8 Å². The Morgan fingerprint density at radius 3 is 2.20 bits per heavy atom. The smallest absolute Gasteiger partial charge is 0.155 e. The van der Waals surface area contributed by atoms with Crippen molar-refractivity contribution in [3.63, 3.8) is 0 Å². The number of amidine groups is 1. The number of rotatable bonds is 7. The maximum atomic E-state index is 6.25. The maximum absolute atomic E-state index is 6.25. The van der Waals surface area contributed by atoms with Gasteiger partial charge >= 0.3 is 0 Å². The van der Waals surface area contributed by atoms with E-state index in [0.717, 1.165) is 56.8 Å². The van der Waals surface area contributed by atoms with Gasteiger partial charge in [0.2, 0.25) is 0 Å². The second-order valence-electron chi connectivity index (χ2n) is 10.9. The summed E-state index contributed by atoms with van der Waals surface area (Å²) in [4.78, 5) is 10.3. The summed E-state index contributed by atoms with van der Waals surface area (Å²) in [5.41, 5.74) is 7.41. The molecule has 0 bridgehead atoms. The molecule has 0 saturated heterocycles. The van der Waals surface area contributed by atoms with Gasteiger partial charge in [-0.05, 0) is 71.2 Å². The molecule has 0 aliphatic heterocycles. The van der Waals surface area contributed by atoms with Crippen LogP contribution in [0.3, 0.4) is 0 Å². The quantitative estimate of drug-likeness (QED) is 0.125. The molecular weight excluding hydrogens is 508 g/mol. The molecule has 2 unspecified atom stereocenters. The fourth-order valence-corrected chi connectivity index (χ4v) is 5.65. The molecule has 0 aromatic heterocycles. The van der Waals surface area contributed by atoms with Crippen LogP contribution < -0.4 is 0 Å². The van der Waals surface area contributed by atoms with E-state index in [9.17, 15) is 0 Å². The van der Waals surface area contributed by atoms with Crippen molar-refractivity contribution < 1.29 is 0 Å². The van der Waals surface area contributed by atoms with E-state index in [1.807, 2.05) is 30.3 Å². The lowest BCUT2D eigenvalue weighted by molar-refractivity contribution is 0.455. The Balaban J connectivity index is 1.49. The highest BCUT2D eigenvalue weighted by molar-refractivity contribution is 6.30. The fourth-order valence-electron chi connectivity index (χ4n) is 5.46. The first-order valence-electron chi connectivity index (χ1n) is 14.4. The van der Waals surface area contributed by atoms with Crippen LogP contribution in [-0.4, -0.2) is 18.1 Å². The Labute approximate surface area is 244 Å². The molecule has 3 heteroatoms. The Hall–Kier alpha value is -3.75. The largest absolute Gasteiger partial charge is 0.266 e. The third-order valence-corrected chi connectivity index (χ3v) is 8.10. The molecule has 5 rings (SSSR count). The van der Waals surface area contributed by atoms with Gasteiger partial charge in [-0.2, -0.15) is 0 Å². The first-order chi connectivity index (χ1) is 19.6. The molecule has 0 N–H and O–H groups in total. The lowest BCUT2D eigenvalue weighted by Crippen LogP contribution is -2.09. The van der Waals surface area contributed by atoms with Crippen molar-refractivity contribution in [1.82, 2.24) is 0 Å². The highest BCUT2D eigenvalue weighted by Crippen LogP contribution is 2.28. The Morgan fingerprint density at radius 2 is 1.45 bits per heavy atom. The van der Waals surface area contributed by atoms with Gasteiger partial charge in [-0.3, -0.25) is 4.99 Å². The second kappa shape index (κ2) is 13.5. The SMILES string of the molecule is C=C/C(=N\C(=N/CC1CCCC(C)CC1)c1ccc(-c2cccc(Cl)c2)cc1)c1cccc(-c2ccccc2)c1. The van der Waals surface area contributed by atoms with Crippen molar-refractivity contribution in [2.75, 3.05) is 6.54 Å². The minimum Gasteiger partial charge on any atom is -0.266 e. The average molecular weight is 545 g/mol. The van der Waals surface area contributed by atoms with Crippen molar-refractivity contribution in [3.8, 4) is 22.3 Å². The number of hydrogen-bond acceptors (Lipinski definition) is 1. The van der Waals surface area contributed by atoms with Crippen LogP contribution in [0.25, 0.3) is 22.3 Å². The van der Waals surface area contributed by atoms with E-state index in [1.54, 1.807) is 0 Å². The molecule has 1 aliphatic carbocycles. The van der Waals surface area contributed by atoms with Crippen LogP contribution in [0.4, 0.5) is 0 Å². The first-order valence-corrected chi connectivity index (χ1v) is 14.7. The fraction of sp³-hybridized carbons (Fsp3) is 0.243. The molecule has 0 radical (unpaired) electrons. The van der Waals surface area contributed by atoms with E-state index in [0.29, 0.717) is 5.92 Å². The Bertz CT molecular complexity index is 1480. The van der Waals surface area contributed by atoms with Crippen molar-refractivity contribution in [3.05, 3.63) is 132 Å². The molecular formula is C37H37ClN2. The van der Waals surface area contributed by atoms with Crippen LogP contribution >= 0.6 is 11.6 Å². The Morgan fingerprint density at radius 1 is 0.750 bits per heavy atom. The lowest BCUT2D eigenvalue weighted by atomic mass is 9.99. The summed E-state index contributed by atoms with van der Waals surface area (Å²) in [6.07, 6.45) is 8.23. The van der Waals surface area contributed by atoms with Gasteiger partial charge in [0.1, 0.15) is 0 Å². The third kappa shape index (κ3) is 7.25. The number of allylic oxidation sites excluding steroid dienone is 1. The summed E-state index contributed by atoms with van der Waals surface area (Å²) in [6.45, 7) is 7.30. The first kappa shape index (κ1) is 27.8. The predicted molar refractivity (Wildman–Crippen MR) is 173 cm³/mol. The van der Waals surface area contributed by atoms with Crippen LogP contribution in [0.15, 0.2) is 126 Å². The molecule has 40 heavy (non-hydrogen) atoms. The van der Waals surface area contributed by atoms with Gasteiger partial charge in [0.15, 0.2) is 5.84 Å². The van der Waals surface area contributed by atoms with Gasteiger partial charge < -0.3 is 0 Å². The van der Waals surface area contributed by atoms with E-state index in [1.165, 1.54) is 37.7 Å². The van der Waals surface area contributed by atoms with Crippen molar-refractivity contribution in [2.45, 2.75) is 39.0 Å². The van der Waals surface area contributed by atoms with Gasteiger partial charge in [-0.25, -0.2) is 4.99 Å². The van der Waals surface area contributed by atoms with E-state index in [4.69, 9.17) is 21.6 Å². The third-order valence-electron chi connectivity index (χ3n) is 7.86. The Kier molecular flexibility index (Phi) is 9.42. The number of benzene rings is 4. The van der Waals surface area contributed by atoms with E-state index in [2.05, 4.69) is 92.4 Å². The average Bonchev–Trinajstić information content (AvgIpc) is 3.21. The predicted octanol–water partition coefficient (Wildman–Crippen LogP) is 10.3. The molecule has 4 aromatic carbocycles. The molecule has 1 saturated carbocycles. The summed E-state index contributed by atoms with van der Waals surface area (Å²) in [5.74, 6) is 2.18. The van der Waals surface area contributed by atoms with Crippen LogP contribution in [0.5, 0.6) is 0 Å². The minimum atomic E-state index is 0.606. The summed E-state index contributed by atoms with van der Waals surface area (Å²) in [6, 6.07) is 35.4. The van der Waals surface area contributed by atoms with Gasteiger partial charge in [-0.1, -0.05) is 129 Å². The molecule has 2 nitrogen and oxygen atoms in total. The summed E-state index contributed by atoms with van der Waals surface area (Å²) >= 11 is 6.25. The molecule has 1 aliphatic rings. The van der Waals surface area contributed by atoms with Crippen LogP contribution in [0.1, 0.15) is 50.2 Å². The molecule has 0 heterocycles. The molecule has 0 spiro atoms. The maximum Gasteiger partial charge on any atom is 0.155 e. The van der Waals surface area contributed by atoms with Gasteiger partial charge in [0, 0.05) is 22.7 Å². The highest BCUT2D eigenvalue weighted by Gasteiger charge is 2.17. The van der Waals surface area contributed by atoms with E-state index >= 15 is 0 Å².